The molecule has 10 nitrogen and oxygen atoms in total. The van der Waals surface area contributed by atoms with E-state index in [1.165, 1.54) is 35.5 Å². The first-order valence-corrected chi connectivity index (χ1v) is 11.9. The molecule has 1 atom stereocenters. The first kappa shape index (κ1) is 23.6. The van der Waals surface area contributed by atoms with E-state index >= 15 is 0 Å². The molecule has 1 saturated heterocycles. The number of esters is 1. The van der Waals surface area contributed by atoms with Crippen LogP contribution >= 0.6 is 0 Å². The van der Waals surface area contributed by atoms with Crippen molar-refractivity contribution in [2.24, 2.45) is 0 Å². The minimum Gasteiger partial charge on any atom is -0.449 e. The van der Waals surface area contributed by atoms with E-state index in [0.29, 0.717) is 24.3 Å². The third-order valence-corrected chi connectivity index (χ3v) is 7.13. The van der Waals surface area contributed by atoms with Crippen molar-refractivity contribution in [1.29, 1.82) is 0 Å². The van der Waals surface area contributed by atoms with Crippen molar-refractivity contribution in [3.8, 4) is 0 Å². The van der Waals surface area contributed by atoms with Crippen LogP contribution in [0.1, 0.15) is 17.5 Å². The molecule has 2 heterocycles. The maximum absolute atomic E-state index is 12.7. The van der Waals surface area contributed by atoms with E-state index in [0.717, 1.165) is 6.07 Å². The van der Waals surface area contributed by atoms with Crippen molar-refractivity contribution in [2.45, 2.75) is 17.9 Å². The lowest BCUT2D eigenvalue weighted by Crippen LogP contribution is -2.40. The quantitative estimate of drug-likeness (QED) is 0.523. The second-order valence-electron chi connectivity index (χ2n) is 7.55. The van der Waals surface area contributed by atoms with Crippen molar-refractivity contribution >= 4 is 38.6 Å². The first-order valence-electron chi connectivity index (χ1n) is 10.5. The van der Waals surface area contributed by atoms with Gasteiger partial charge in [0.2, 0.25) is 15.8 Å². The Hall–Kier alpha value is -3.54. The Morgan fingerprint density at radius 1 is 1.06 bits per heavy atom. The van der Waals surface area contributed by atoms with Gasteiger partial charge >= 0.3 is 5.97 Å². The number of morpholine rings is 1. The molecule has 1 aliphatic rings. The molecular weight excluding hydrogens is 464 g/mol. The summed E-state index contributed by atoms with van der Waals surface area (Å²) in [7, 11) is -3.65. The van der Waals surface area contributed by atoms with Gasteiger partial charge in [0.05, 0.1) is 23.5 Å². The van der Waals surface area contributed by atoms with Crippen molar-refractivity contribution in [3.05, 3.63) is 70.6 Å². The second kappa shape index (κ2) is 9.75. The lowest BCUT2D eigenvalue weighted by molar-refractivity contribution is -0.123. The molecule has 0 saturated carbocycles. The van der Waals surface area contributed by atoms with E-state index in [1.807, 2.05) is 0 Å². The Bertz CT molecular complexity index is 1380. The zero-order valence-corrected chi connectivity index (χ0v) is 19.0. The van der Waals surface area contributed by atoms with E-state index in [2.05, 4.69) is 5.32 Å². The minimum absolute atomic E-state index is 0.0956. The van der Waals surface area contributed by atoms with Gasteiger partial charge in [-0.15, -0.1) is 0 Å². The molecule has 0 unspecified atom stereocenters. The van der Waals surface area contributed by atoms with Gasteiger partial charge in [0.25, 0.3) is 5.91 Å². The number of anilines is 1. The average molecular weight is 487 g/mol. The molecule has 3 aromatic rings. The van der Waals surface area contributed by atoms with Crippen LogP contribution in [-0.2, 0) is 24.3 Å². The van der Waals surface area contributed by atoms with E-state index < -0.39 is 33.4 Å². The summed E-state index contributed by atoms with van der Waals surface area (Å²) < 4.78 is 42.5. The molecule has 0 bridgehead atoms. The zero-order chi connectivity index (χ0) is 24.3. The largest absolute Gasteiger partial charge is 0.449 e. The van der Waals surface area contributed by atoms with Crippen molar-refractivity contribution in [1.82, 2.24) is 4.31 Å². The second-order valence-corrected chi connectivity index (χ2v) is 9.49. The van der Waals surface area contributed by atoms with Gasteiger partial charge in [-0.3, -0.25) is 9.59 Å². The van der Waals surface area contributed by atoms with Crippen molar-refractivity contribution in [3.63, 3.8) is 0 Å². The topological polar surface area (TPSA) is 132 Å². The fraction of sp³-hybridized carbons (Fsp3) is 0.261. The molecule has 0 spiro atoms. The molecule has 0 radical (unpaired) electrons. The van der Waals surface area contributed by atoms with Crippen LogP contribution in [-0.4, -0.2) is 57.0 Å². The van der Waals surface area contributed by atoms with E-state index in [1.54, 1.807) is 24.3 Å². The third-order valence-electron chi connectivity index (χ3n) is 5.22. The highest BCUT2D eigenvalue weighted by Crippen LogP contribution is 2.20. The number of amides is 1. The molecule has 34 heavy (non-hydrogen) atoms. The van der Waals surface area contributed by atoms with E-state index in [4.69, 9.17) is 13.9 Å². The maximum Gasteiger partial charge on any atom is 0.375 e. The lowest BCUT2D eigenvalue weighted by atomic mass is 10.2. The standard InChI is InChI=1S/C23H22N2O8S/c1-15(32-23(28)21-14-19(26)18-4-2-3-5-20(18)33-21)22(27)24-16-6-8-17(9-7-16)34(29,30)25-10-12-31-13-11-25/h2-9,14-15H,10-13H2,1H3,(H,24,27)/t15-/m0/s1. The van der Waals surface area contributed by atoms with Gasteiger partial charge in [0.1, 0.15) is 5.58 Å². The van der Waals surface area contributed by atoms with Crippen LogP contribution in [0.3, 0.4) is 0 Å². The number of benzene rings is 2. The normalized spacial score (nSPS) is 15.6. The molecule has 4 rings (SSSR count). The molecule has 11 heteroatoms. The number of para-hydroxylation sites is 1. The maximum atomic E-state index is 12.7. The summed E-state index contributed by atoms with van der Waals surface area (Å²) in [4.78, 5) is 37.1. The van der Waals surface area contributed by atoms with Crippen LogP contribution < -0.4 is 10.7 Å². The summed E-state index contributed by atoms with van der Waals surface area (Å²) >= 11 is 0. The fourth-order valence-electron chi connectivity index (χ4n) is 3.37. The molecule has 2 aromatic carbocycles. The summed E-state index contributed by atoms with van der Waals surface area (Å²) in [6.07, 6.45) is -1.21. The monoisotopic (exact) mass is 486 g/mol. The highest BCUT2D eigenvalue weighted by Gasteiger charge is 2.26. The molecule has 1 aromatic heterocycles. The Labute approximate surface area is 195 Å². The predicted molar refractivity (Wildman–Crippen MR) is 122 cm³/mol. The average Bonchev–Trinajstić information content (AvgIpc) is 2.84. The van der Waals surface area contributed by atoms with Gasteiger partial charge in [-0.1, -0.05) is 12.1 Å². The Balaban J connectivity index is 1.40. The highest BCUT2D eigenvalue weighted by molar-refractivity contribution is 7.89. The first-order chi connectivity index (χ1) is 16.3. The number of fused-ring (bicyclic) bond motifs is 1. The Morgan fingerprint density at radius 2 is 1.74 bits per heavy atom. The number of carbonyl (C=O) groups is 2. The SMILES string of the molecule is C[C@H](OC(=O)c1cc(=O)c2ccccc2o1)C(=O)Nc1ccc(S(=O)(=O)N2CCOCC2)cc1. The van der Waals surface area contributed by atoms with Crippen molar-refractivity contribution < 1.29 is 31.9 Å². The van der Waals surface area contributed by atoms with Crippen LogP contribution in [0, 0.1) is 0 Å². The van der Waals surface area contributed by atoms with Crippen LogP contribution in [0.4, 0.5) is 5.69 Å². The number of ether oxygens (including phenoxy) is 2. The predicted octanol–water partition coefficient (Wildman–Crippen LogP) is 2.00. The molecule has 1 fully saturated rings. The van der Waals surface area contributed by atoms with Crippen LogP contribution in [0.2, 0.25) is 0 Å². The fourth-order valence-corrected chi connectivity index (χ4v) is 4.77. The third kappa shape index (κ3) is 5.01. The summed E-state index contributed by atoms with van der Waals surface area (Å²) in [5, 5.41) is 2.88. The molecule has 1 N–H and O–H groups in total. The van der Waals surface area contributed by atoms with E-state index in [-0.39, 0.29) is 29.3 Å². The number of rotatable bonds is 6. The van der Waals surface area contributed by atoms with Gasteiger partial charge in [-0.05, 0) is 43.3 Å². The highest BCUT2D eigenvalue weighted by atomic mass is 32.2. The number of nitrogens with zero attached hydrogens (tertiary/aromatic N) is 1. The zero-order valence-electron chi connectivity index (χ0n) is 18.2. The number of hydrogen-bond acceptors (Lipinski definition) is 8. The number of carbonyl (C=O) groups excluding carboxylic acids is 2. The number of nitrogens with one attached hydrogen (secondary N) is 1. The van der Waals surface area contributed by atoms with Crippen LogP contribution in [0.25, 0.3) is 11.0 Å². The van der Waals surface area contributed by atoms with Gasteiger partial charge < -0.3 is 19.2 Å². The molecule has 0 aliphatic carbocycles. The van der Waals surface area contributed by atoms with Gasteiger partial charge in [-0.2, -0.15) is 4.31 Å². The van der Waals surface area contributed by atoms with Gasteiger partial charge in [-0.25, -0.2) is 13.2 Å². The minimum atomic E-state index is -3.65. The summed E-state index contributed by atoms with van der Waals surface area (Å²) in [5.74, 6) is -1.92. The van der Waals surface area contributed by atoms with Crippen LogP contribution in [0.15, 0.2) is 68.7 Å². The van der Waals surface area contributed by atoms with E-state index in [9.17, 15) is 22.8 Å². The number of sulfonamides is 1. The lowest BCUT2D eigenvalue weighted by Gasteiger charge is -2.26. The Morgan fingerprint density at radius 3 is 2.44 bits per heavy atom. The number of hydrogen-bond donors (Lipinski definition) is 1. The van der Waals surface area contributed by atoms with Gasteiger partial charge in [0.15, 0.2) is 11.5 Å². The summed E-state index contributed by atoms with van der Waals surface area (Å²) in [6, 6.07) is 13.1. The Kier molecular flexibility index (Phi) is 6.77. The molecule has 1 amide bonds. The molecule has 178 valence electrons. The molecular formula is C23H22N2O8S. The van der Waals surface area contributed by atoms with Gasteiger partial charge in [0, 0.05) is 24.8 Å². The smallest absolute Gasteiger partial charge is 0.375 e. The summed E-state index contributed by atoms with van der Waals surface area (Å²) in [6.45, 7) is 2.60. The molecule has 1 aliphatic heterocycles. The van der Waals surface area contributed by atoms with Crippen LogP contribution in [0.5, 0.6) is 0 Å². The summed E-state index contributed by atoms with van der Waals surface area (Å²) in [5.41, 5.74) is 0.148. The van der Waals surface area contributed by atoms with Crippen molar-refractivity contribution in [2.75, 3.05) is 31.6 Å².